The quantitative estimate of drug-likeness (QED) is 0.109. The molecule has 20 N–H and O–H groups in total. The largest absolute Gasteiger partial charge is 0.394 e. The Morgan fingerprint density at radius 1 is 0.696 bits per heavy atom. The highest BCUT2D eigenvalue weighted by atomic mass is 16.8. The van der Waals surface area contributed by atoms with Gasteiger partial charge in [0.1, 0.15) is 80.5 Å². The predicted octanol–water partition coefficient (Wildman–Crippen LogP) is -10.5. The SMILES string of the molecule is C=O.Nc1nc(N)nc(N)n1.OC[C@@H](O)[C@@H](O)[C@H](O)[C@@H](O)CO.OC[C@H]1O[C@@](CO)(O[C@H]2O[C@H](CO)[C@@H](O)[C@H](O)[C@H]2O)[C@@H](O)[C@@H]1O. The summed E-state index contributed by atoms with van der Waals surface area (Å²) in [5.41, 5.74) is 15.4. The van der Waals surface area contributed by atoms with Crippen LogP contribution >= 0.6 is 0 Å². The zero-order valence-electron chi connectivity index (χ0n) is 24.1. The normalized spacial score (nSPS) is 33.1. The summed E-state index contributed by atoms with van der Waals surface area (Å²) in [5, 5.41) is 129. The topological polar surface area (TPSA) is 445 Å². The van der Waals surface area contributed by atoms with Crippen molar-refractivity contribution >= 4 is 24.6 Å². The minimum Gasteiger partial charge on any atom is -0.394 e. The third-order valence-electron chi connectivity index (χ3n) is 6.27. The van der Waals surface area contributed by atoms with Gasteiger partial charge in [0.2, 0.25) is 23.6 Å². The number of ether oxygens (including phenoxy) is 3. The number of rotatable bonds is 10. The van der Waals surface area contributed by atoms with Crippen LogP contribution in [0.4, 0.5) is 17.8 Å². The maximum atomic E-state index is 10.00. The average Bonchev–Trinajstić information content (AvgIpc) is 3.29. The van der Waals surface area contributed by atoms with Gasteiger partial charge in [-0.05, 0) is 0 Å². The van der Waals surface area contributed by atoms with Crippen molar-refractivity contribution < 1.29 is 90.5 Å². The van der Waals surface area contributed by atoms with Crippen molar-refractivity contribution in [2.24, 2.45) is 0 Å². The molecule has 0 unspecified atom stereocenters. The van der Waals surface area contributed by atoms with Crippen molar-refractivity contribution in [2.75, 3.05) is 50.2 Å². The van der Waals surface area contributed by atoms with E-state index in [2.05, 4.69) is 15.0 Å². The maximum Gasteiger partial charge on any atom is 0.226 e. The first kappa shape index (κ1) is 43.4. The molecule has 0 aliphatic carbocycles. The maximum absolute atomic E-state index is 10.00. The van der Waals surface area contributed by atoms with Gasteiger partial charge in [-0.2, -0.15) is 15.0 Å². The van der Waals surface area contributed by atoms with Gasteiger partial charge in [0.05, 0.1) is 26.4 Å². The molecule has 2 fully saturated rings. The summed E-state index contributed by atoms with van der Waals surface area (Å²) >= 11 is 0. The predicted molar refractivity (Wildman–Crippen MR) is 147 cm³/mol. The van der Waals surface area contributed by atoms with Gasteiger partial charge in [-0.3, -0.25) is 0 Å². The standard InChI is InChI=1S/C12H22O11.C6H14O6.C3H6N6.CH2O/c13-1-4-6(16)8(18)9(19)11(21-4)23-12(3-15)10(20)7(17)5(2-14)22-12;7-1-3(9)5(11)6(12)4(10)2-8;4-1-7-2(5)9-3(6)8-1;1-2/h4-11,13-20H,1-3H2;3-12H,1-2H2;(H6,4,5,6,7,8,9);1H2/t4-,5-,6-,7-,8+,9-,10+,11-,12+;3-,4+,5-,6-;;/m11../s1. The van der Waals surface area contributed by atoms with Gasteiger partial charge in [-0.25, -0.2) is 0 Å². The number of carbonyl (C=O) groups is 1. The summed E-state index contributed by atoms with van der Waals surface area (Å²) in [6.07, 6.45) is -19.0. The zero-order valence-corrected chi connectivity index (χ0v) is 24.1. The highest BCUT2D eigenvalue weighted by molar-refractivity contribution is 5.33. The first-order valence-electron chi connectivity index (χ1n) is 13.0. The van der Waals surface area contributed by atoms with E-state index in [-0.39, 0.29) is 17.8 Å². The van der Waals surface area contributed by atoms with Gasteiger partial charge >= 0.3 is 0 Å². The van der Waals surface area contributed by atoms with Crippen molar-refractivity contribution in [2.45, 2.75) is 79.2 Å². The van der Waals surface area contributed by atoms with Gasteiger partial charge in [0, 0.05) is 0 Å². The zero-order chi connectivity index (χ0) is 35.9. The molecule has 1 aromatic rings. The molecule has 270 valence electrons. The fourth-order valence-corrected chi connectivity index (χ4v) is 3.73. The minimum atomic E-state index is -2.22. The number of aromatic nitrogens is 3. The molecule has 0 bridgehead atoms. The van der Waals surface area contributed by atoms with E-state index < -0.39 is 112 Å². The van der Waals surface area contributed by atoms with Crippen LogP contribution in [0.15, 0.2) is 0 Å². The molecule has 0 saturated carbocycles. The lowest BCUT2D eigenvalue weighted by Crippen LogP contribution is -2.62. The second-order valence-corrected chi connectivity index (χ2v) is 9.45. The molecular formula is C22H44N6O18. The third-order valence-corrected chi connectivity index (χ3v) is 6.27. The molecule has 0 aromatic carbocycles. The number of nitrogens with two attached hydrogens (primary N) is 3. The lowest BCUT2D eigenvalue weighted by molar-refractivity contribution is -0.383. The summed E-state index contributed by atoms with van der Waals surface area (Å²) in [4.78, 5) is 18.5. The van der Waals surface area contributed by atoms with E-state index in [0.717, 1.165) is 0 Å². The van der Waals surface area contributed by atoms with Gasteiger partial charge < -0.3 is 108 Å². The van der Waals surface area contributed by atoms with E-state index in [9.17, 15) is 30.6 Å². The molecule has 2 aliphatic heterocycles. The van der Waals surface area contributed by atoms with E-state index in [1.54, 1.807) is 0 Å². The highest BCUT2D eigenvalue weighted by Crippen LogP contribution is 2.35. The molecule has 0 radical (unpaired) electrons. The van der Waals surface area contributed by atoms with Crippen LogP contribution in [0.25, 0.3) is 0 Å². The number of anilines is 3. The van der Waals surface area contributed by atoms with Crippen LogP contribution in [0.2, 0.25) is 0 Å². The van der Waals surface area contributed by atoms with Crippen molar-refractivity contribution in [1.29, 1.82) is 0 Å². The monoisotopic (exact) mass is 680 g/mol. The summed E-state index contributed by atoms with van der Waals surface area (Å²) < 4.78 is 15.4. The number of nitrogen functional groups attached to an aromatic ring is 3. The molecule has 0 amide bonds. The van der Waals surface area contributed by atoms with Crippen molar-refractivity contribution in [3.63, 3.8) is 0 Å². The lowest BCUT2D eigenvalue weighted by atomic mass is 9.99. The molecule has 3 heterocycles. The highest BCUT2D eigenvalue weighted by Gasteiger charge is 2.58. The first-order valence-corrected chi connectivity index (χ1v) is 13.0. The number of hydrogen-bond acceptors (Lipinski definition) is 24. The number of carbonyl (C=O) groups excluding carboxylic acids is 1. The Morgan fingerprint density at radius 3 is 1.43 bits per heavy atom. The van der Waals surface area contributed by atoms with Crippen molar-refractivity contribution in [3.8, 4) is 0 Å². The summed E-state index contributed by atoms with van der Waals surface area (Å²) in [5.74, 6) is -2.10. The molecule has 46 heavy (non-hydrogen) atoms. The number of nitrogens with zero attached hydrogens (tertiary/aromatic N) is 3. The molecule has 24 nitrogen and oxygen atoms in total. The van der Waals surface area contributed by atoms with Crippen LogP contribution in [0.1, 0.15) is 0 Å². The average molecular weight is 681 g/mol. The Morgan fingerprint density at radius 2 is 1.11 bits per heavy atom. The van der Waals surface area contributed by atoms with E-state index >= 15 is 0 Å². The van der Waals surface area contributed by atoms with Gasteiger partial charge in [-0.15, -0.1) is 0 Å². The summed E-state index contributed by atoms with van der Waals surface area (Å²) in [6.45, 7) is -1.77. The summed E-state index contributed by atoms with van der Waals surface area (Å²) in [6, 6.07) is 0. The smallest absolute Gasteiger partial charge is 0.226 e. The molecule has 3 rings (SSSR count). The number of hydrogen-bond donors (Lipinski definition) is 17. The Labute approximate surface area is 260 Å². The summed E-state index contributed by atoms with van der Waals surface area (Å²) in [7, 11) is 0. The van der Waals surface area contributed by atoms with Crippen LogP contribution in [-0.4, -0.2) is 205 Å². The molecular weight excluding hydrogens is 636 g/mol. The van der Waals surface area contributed by atoms with Gasteiger partial charge in [0.25, 0.3) is 0 Å². The van der Waals surface area contributed by atoms with E-state index in [0.29, 0.717) is 0 Å². The van der Waals surface area contributed by atoms with Crippen molar-refractivity contribution in [1.82, 2.24) is 15.0 Å². The second-order valence-electron chi connectivity index (χ2n) is 9.45. The van der Waals surface area contributed by atoms with Gasteiger partial charge in [-0.1, -0.05) is 0 Å². The minimum absolute atomic E-state index is 0.0417. The molecule has 13 atom stereocenters. The third kappa shape index (κ3) is 11.6. The Balaban J connectivity index is 0.000000735. The lowest BCUT2D eigenvalue weighted by Gasteiger charge is -2.43. The second kappa shape index (κ2) is 20.6. The van der Waals surface area contributed by atoms with E-state index in [1.165, 1.54) is 0 Å². The molecule has 0 spiro atoms. The van der Waals surface area contributed by atoms with Crippen molar-refractivity contribution in [3.05, 3.63) is 0 Å². The van der Waals surface area contributed by atoms with Crippen LogP contribution in [0.3, 0.4) is 0 Å². The molecule has 24 heteroatoms. The molecule has 2 aliphatic rings. The number of aliphatic hydroxyl groups is 14. The molecule has 2 saturated heterocycles. The first-order chi connectivity index (χ1) is 21.5. The Bertz CT molecular complexity index is 927. The Hall–Kier alpha value is -2.60. The fourth-order valence-electron chi connectivity index (χ4n) is 3.73. The number of aliphatic hydroxyl groups excluding tert-OH is 14. The van der Waals surface area contributed by atoms with Crippen LogP contribution in [0, 0.1) is 0 Å². The van der Waals surface area contributed by atoms with Crippen LogP contribution < -0.4 is 17.2 Å². The molecule has 1 aromatic heterocycles. The van der Waals surface area contributed by atoms with Crippen LogP contribution in [-0.2, 0) is 19.0 Å². The van der Waals surface area contributed by atoms with E-state index in [4.69, 9.17) is 77.1 Å². The Kier molecular flexibility index (Phi) is 19.4. The van der Waals surface area contributed by atoms with E-state index in [1.807, 2.05) is 6.79 Å². The fraction of sp³-hybridized carbons (Fsp3) is 0.818. The van der Waals surface area contributed by atoms with Crippen LogP contribution in [0.5, 0.6) is 0 Å². The van der Waals surface area contributed by atoms with Gasteiger partial charge in [0.15, 0.2) is 6.29 Å².